The summed E-state index contributed by atoms with van der Waals surface area (Å²) in [4.78, 5) is 16.5. The largest absolute Gasteiger partial charge is 0.494 e. The van der Waals surface area contributed by atoms with Crippen LogP contribution >= 0.6 is 11.6 Å². The van der Waals surface area contributed by atoms with Gasteiger partial charge < -0.3 is 19.9 Å². The van der Waals surface area contributed by atoms with Crippen molar-refractivity contribution in [3.05, 3.63) is 36.9 Å². The summed E-state index contributed by atoms with van der Waals surface area (Å²) >= 11 is 6.34. The summed E-state index contributed by atoms with van der Waals surface area (Å²) in [7, 11) is 1.65. The molecule has 7 heteroatoms. The molecule has 6 nitrogen and oxygen atoms in total. The quantitative estimate of drug-likeness (QED) is 0.772. The zero-order chi connectivity index (χ0) is 18.8. The molecule has 2 fully saturated rings. The first-order valence-corrected chi connectivity index (χ1v) is 9.92. The summed E-state index contributed by atoms with van der Waals surface area (Å²) in [6, 6.07) is 6.24. The number of nitrogens with zero attached hydrogens (tertiary/aromatic N) is 2. The molecule has 1 aliphatic carbocycles. The molecule has 2 aromatic rings. The zero-order valence-electron chi connectivity index (χ0n) is 15.4. The van der Waals surface area contributed by atoms with Crippen LogP contribution in [0.3, 0.4) is 0 Å². The van der Waals surface area contributed by atoms with Gasteiger partial charge in [0, 0.05) is 42.1 Å². The standard InChI is InChI=1S/C20H25ClN4O2/c1-27-19-10-16(3-5-18(19)25-7-6-22-12-25)23-11-14-8-13-9-15(21)2-4-17(13)24-20(14)26/h3,5-7,10,12-15,17,23H,2,4,8-9,11H2,1H3,(H,24,26). The maximum Gasteiger partial charge on any atom is 0.225 e. The van der Waals surface area contributed by atoms with Crippen LogP contribution < -0.4 is 15.4 Å². The van der Waals surface area contributed by atoms with Gasteiger partial charge in [0.15, 0.2) is 0 Å². The Hall–Kier alpha value is -2.21. The molecule has 2 aliphatic rings. The zero-order valence-corrected chi connectivity index (χ0v) is 16.2. The lowest BCUT2D eigenvalue weighted by atomic mass is 9.75. The van der Waals surface area contributed by atoms with Crippen LogP contribution in [-0.2, 0) is 4.79 Å². The molecule has 0 spiro atoms. The SMILES string of the molecule is COc1cc(NCC2CC3CC(Cl)CCC3NC2=O)ccc1-n1ccnc1. The van der Waals surface area contributed by atoms with E-state index < -0.39 is 0 Å². The van der Waals surface area contributed by atoms with Crippen LogP contribution in [0.1, 0.15) is 25.7 Å². The minimum atomic E-state index is -0.0347. The van der Waals surface area contributed by atoms with Crippen LogP contribution in [0.15, 0.2) is 36.9 Å². The van der Waals surface area contributed by atoms with Gasteiger partial charge in [-0.15, -0.1) is 11.6 Å². The van der Waals surface area contributed by atoms with Gasteiger partial charge in [0.2, 0.25) is 5.91 Å². The van der Waals surface area contributed by atoms with Gasteiger partial charge in [0.25, 0.3) is 0 Å². The van der Waals surface area contributed by atoms with E-state index in [9.17, 15) is 4.79 Å². The number of hydrogen-bond acceptors (Lipinski definition) is 4. The Bertz CT molecular complexity index is 795. The molecule has 1 aromatic carbocycles. The number of rotatable bonds is 5. The van der Waals surface area contributed by atoms with Crippen LogP contribution in [0, 0.1) is 11.8 Å². The second kappa shape index (κ2) is 7.80. The number of piperidine rings is 1. The second-order valence-electron chi connectivity index (χ2n) is 7.46. The van der Waals surface area contributed by atoms with Crippen molar-refractivity contribution in [1.82, 2.24) is 14.9 Å². The molecule has 1 aliphatic heterocycles. The molecular weight excluding hydrogens is 364 g/mol. The Morgan fingerprint density at radius 1 is 1.37 bits per heavy atom. The number of amides is 1. The van der Waals surface area contributed by atoms with Crippen LogP contribution in [0.2, 0.25) is 0 Å². The van der Waals surface area contributed by atoms with E-state index >= 15 is 0 Å². The number of carbonyl (C=O) groups is 1. The van der Waals surface area contributed by atoms with E-state index in [1.807, 2.05) is 29.0 Å². The highest BCUT2D eigenvalue weighted by Crippen LogP contribution is 2.36. The van der Waals surface area contributed by atoms with Gasteiger partial charge in [-0.05, 0) is 43.7 Å². The first-order chi connectivity index (χ1) is 13.1. The molecule has 144 valence electrons. The lowest BCUT2D eigenvalue weighted by molar-refractivity contribution is -0.129. The van der Waals surface area contributed by atoms with Crippen LogP contribution in [0.25, 0.3) is 5.69 Å². The fourth-order valence-electron chi connectivity index (χ4n) is 4.25. The maximum atomic E-state index is 12.5. The molecule has 0 bridgehead atoms. The molecule has 2 N–H and O–H groups in total. The Morgan fingerprint density at radius 2 is 2.26 bits per heavy atom. The monoisotopic (exact) mass is 388 g/mol. The summed E-state index contributed by atoms with van der Waals surface area (Å²) in [5.41, 5.74) is 1.86. The highest BCUT2D eigenvalue weighted by molar-refractivity contribution is 6.20. The fourth-order valence-corrected chi connectivity index (χ4v) is 4.60. The number of hydrogen-bond donors (Lipinski definition) is 2. The number of carbonyl (C=O) groups excluding carboxylic acids is 1. The van der Waals surface area contributed by atoms with Crippen molar-refractivity contribution in [2.45, 2.75) is 37.1 Å². The molecule has 4 unspecified atom stereocenters. The first kappa shape index (κ1) is 18.2. The number of anilines is 1. The minimum absolute atomic E-state index is 0.0347. The Morgan fingerprint density at radius 3 is 3.04 bits per heavy atom. The molecule has 1 saturated carbocycles. The molecule has 4 rings (SSSR count). The number of fused-ring (bicyclic) bond motifs is 1. The summed E-state index contributed by atoms with van der Waals surface area (Å²) in [6.45, 7) is 0.607. The molecule has 27 heavy (non-hydrogen) atoms. The van der Waals surface area contributed by atoms with E-state index in [-0.39, 0.29) is 17.2 Å². The highest BCUT2D eigenvalue weighted by Gasteiger charge is 2.38. The molecule has 2 heterocycles. The number of aromatic nitrogens is 2. The molecule has 4 atom stereocenters. The van der Waals surface area contributed by atoms with Crippen molar-refractivity contribution < 1.29 is 9.53 Å². The molecule has 1 amide bonds. The molecule has 1 aromatic heterocycles. The topological polar surface area (TPSA) is 68.2 Å². The van der Waals surface area contributed by atoms with Gasteiger partial charge in [-0.2, -0.15) is 0 Å². The summed E-state index contributed by atoms with van der Waals surface area (Å²) in [5, 5.41) is 6.85. The number of alkyl halides is 1. The number of imidazole rings is 1. The highest BCUT2D eigenvalue weighted by atomic mass is 35.5. The Balaban J connectivity index is 1.41. The van der Waals surface area contributed by atoms with Gasteiger partial charge in [0.1, 0.15) is 5.75 Å². The summed E-state index contributed by atoms with van der Waals surface area (Å²) in [6.07, 6.45) is 9.24. The number of nitrogens with one attached hydrogen (secondary N) is 2. The minimum Gasteiger partial charge on any atom is -0.494 e. The normalized spacial score (nSPS) is 27.6. The third-order valence-corrected chi connectivity index (χ3v) is 6.12. The predicted molar refractivity (Wildman–Crippen MR) is 106 cm³/mol. The van der Waals surface area contributed by atoms with Gasteiger partial charge in [-0.1, -0.05) is 0 Å². The average molecular weight is 389 g/mol. The molecule has 1 saturated heterocycles. The van der Waals surface area contributed by atoms with Crippen molar-refractivity contribution >= 4 is 23.2 Å². The first-order valence-electron chi connectivity index (χ1n) is 9.48. The van der Waals surface area contributed by atoms with Crippen LogP contribution in [-0.4, -0.2) is 40.5 Å². The van der Waals surface area contributed by atoms with Crippen molar-refractivity contribution in [2.24, 2.45) is 11.8 Å². The van der Waals surface area contributed by atoms with Gasteiger partial charge in [-0.25, -0.2) is 4.98 Å². The fraction of sp³-hybridized carbons (Fsp3) is 0.500. The van der Waals surface area contributed by atoms with E-state index in [0.29, 0.717) is 18.5 Å². The van der Waals surface area contributed by atoms with Crippen molar-refractivity contribution in [3.8, 4) is 11.4 Å². The number of benzene rings is 1. The van der Waals surface area contributed by atoms with Gasteiger partial charge in [0.05, 0.1) is 25.0 Å². The predicted octanol–water partition coefficient (Wildman–Crippen LogP) is 3.21. The maximum absolute atomic E-state index is 12.5. The van der Waals surface area contributed by atoms with Crippen molar-refractivity contribution in [2.75, 3.05) is 19.0 Å². The average Bonchev–Trinajstić information content (AvgIpc) is 3.21. The Labute approximate surface area is 164 Å². The van der Waals surface area contributed by atoms with E-state index in [0.717, 1.165) is 42.8 Å². The summed E-state index contributed by atoms with van der Waals surface area (Å²) < 4.78 is 7.43. The van der Waals surface area contributed by atoms with Crippen molar-refractivity contribution in [1.29, 1.82) is 0 Å². The summed E-state index contributed by atoms with van der Waals surface area (Å²) in [5.74, 6) is 1.36. The lowest BCUT2D eigenvalue weighted by Gasteiger charge is -2.41. The van der Waals surface area contributed by atoms with Crippen LogP contribution in [0.5, 0.6) is 5.75 Å². The van der Waals surface area contributed by atoms with Gasteiger partial charge >= 0.3 is 0 Å². The smallest absolute Gasteiger partial charge is 0.225 e. The lowest BCUT2D eigenvalue weighted by Crippen LogP contribution is -2.53. The van der Waals surface area contributed by atoms with E-state index in [1.165, 1.54) is 0 Å². The number of methoxy groups -OCH3 is 1. The van der Waals surface area contributed by atoms with Gasteiger partial charge in [-0.3, -0.25) is 4.79 Å². The Kier molecular flexibility index (Phi) is 5.25. The third-order valence-electron chi connectivity index (χ3n) is 5.72. The number of halogens is 1. The third kappa shape index (κ3) is 3.90. The molecule has 0 radical (unpaired) electrons. The van der Waals surface area contributed by atoms with Crippen molar-refractivity contribution in [3.63, 3.8) is 0 Å². The van der Waals surface area contributed by atoms with E-state index in [2.05, 4.69) is 15.6 Å². The van der Waals surface area contributed by atoms with E-state index in [1.54, 1.807) is 19.6 Å². The molecular formula is C20H25ClN4O2. The number of ether oxygens (including phenoxy) is 1. The second-order valence-corrected chi connectivity index (χ2v) is 8.07. The van der Waals surface area contributed by atoms with Crippen LogP contribution in [0.4, 0.5) is 5.69 Å². The van der Waals surface area contributed by atoms with E-state index in [4.69, 9.17) is 16.3 Å².